The van der Waals surface area contributed by atoms with Gasteiger partial charge < -0.3 is 5.32 Å². The highest BCUT2D eigenvalue weighted by Crippen LogP contribution is 2.28. The highest BCUT2D eigenvalue weighted by atomic mass is 16.2. The summed E-state index contributed by atoms with van der Waals surface area (Å²) in [5, 5.41) is 3.38. The molecule has 2 aliphatic rings. The summed E-state index contributed by atoms with van der Waals surface area (Å²) in [7, 11) is 0. The molecule has 21 heavy (non-hydrogen) atoms. The second-order valence-electron chi connectivity index (χ2n) is 6.71. The Labute approximate surface area is 128 Å². The molecule has 0 aromatic rings. The van der Waals surface area contributed by atoms with Crippen LogP contribution in [0.15, 0.2) is 0 Å². The third kappa shape index (κ3) is 4.29. The summed E-state index contributed by atoms with van der Waals surface area (Å²) in [6.07, 6.45) is 10.7. The van der Waals surface area contributed by atoms with Crippen LogP contribution in [0.4, 0.5) is 0 Å². The second kappa shape index (κ2) is 7.92. The second-order valence-corrected chi connectivity index (χ2v) is 6.71. The third-order valence-electron chi connectivity index (χ3n) is 4.85. The van der Waals surface area contributed by atoms with Crippen molar-refractivity contribution in [3.8, 4) is 0 Å². The third-order valence-corrected chi connectivity index (χ3v) is 4.85. The minimum atomic E-state index is -0.278. The van der Waals surface area contributed by atoms with Gasteiger partial charge in [-0.3, -0.25) is 14.5 Å². The molecule has 0 bridgehead atoms. The number of nitrogens with zero attached hydrogens (tertiary/aromatic N) is 1. The molecule has 1 N–H and O–H groups in total. The molecular formula is C17H30N2O2. The Morgan fingerprint density at radius 1 is 1.19 bits per heavy atom. The summed E-state index contributed by atoms with van der Waals surface area (Å²) in [4.78, 5) is 26.1. The van der Waals surface area contributed by atoms with Crippen LogP contribution in [0.25, 0.3) is 0 Å². The van der Waals surface area contributed by atoms with Crippen molar-refractivity contribution in [3.05, 3.63) is 0 Å². The zero-order valence-corrected chi connectivity index (χ0v) is 13.6. The smallest absolute Gasteiger partial charge is 0.247 e. The van der Waals surface area contributed by atoms with Gasteiger partial charge in [0.05, 0.1) is 12.5 Å². The molecule has 1 saturated heterocycles. The monoisotopic (exact) mass is 294 g/mol. The van der Waals surface area contributed by atoms with Crippen LogP contribution in [0.2, 0.25) is 0 Å². The quantitative estimate of drug-likeness (QED) is 0.553. The zero-order chi connectivity index (χ0) is 15.2. The van der Waals surface area contributed by atoms with Gasteiger partial charge in [-0.1, -0.05) is 45.4 Å². The van der Waals surface area contributed by atoms with Gasteiger partial charge in [-0.15, -0.1) is 0 Å². The fraction of sp³-hybridized carbons (Fsp3) is 0.882. The van der Waals surface area contributed by atoms with Gasteiger partial charge in [-0.2, -0.15) is 0 Å². The largest absolute Gasteiger partial charge is 0.303 e. The molecule has 0 spiro atoms. The van der Waals surface area contributed by atoms with Crippen molar-refractivity contribution in [1.82, 2.24) is 10.2 Å². The Balaban J connectivity index is 1.78. The van der Waals surface area contributed by atoms with E-state index in [0.717, 1.165) is 32.1 Å². The van der Waals surface area contributed by atoms with Crippen molar-refractivity contribution in [2.45, 2.75) is 96.2 Å². The van der Waals surface area contributed by atoms with Gasteiger partial charge in [0.15, 0.2) is 0 Å². The van der Waals surface area contributed by atoms with Crippen molar-refractivity contribution in [1.29, 1.82) is 0 Å². The van der Waals surface area contributed by atoms with Gasteiger partial charge in [0, 0.05) is 12.1 Å². The summed E-state index contributed by atoms with van der Waals surface area (Å²) in [6.45, 7) is 4.34. The van der Waals surface area contributed by atoms with Crippen LogP contribution < -0.4 is 5.32 Å². The van der Waals surface area contributed by atoms with E-state index in [4.69, 9.17) is 0 Å². The average molecular weight is 294 g/mol. The first-order valence-electron chi connectivity index (χ1n) is 8.75. The molecule has 0 aromatic carbocycles. The molecule has 2 rings (SSSR count). The van der Waals surface area contributed by atoms with Gasteiger partial charge in [-0.25, -0.2) is 0 Å². The van der Waals surface area contributed by atoms with Crippen molar-refractivity contribution < 1.29 is 9.59 Å². The number of likely N-dealkylation sites (tertiary alicyclic amines) is 1. The average Bonchev–Trinajstić information content (AvgIpc) is 3.04. The van der Waals surface area contributed by atoms with E-state index >= 15 is 0 Å². The molecule has 1 saturated carbocycles. The van der Waals surface area contributed by atoms with E-state index < -0.39 is 0 Å². The van der Waals surface area contributed by atoms with Crippen LogP contribution in [0.3, 0.4) is 0 Å². The number of hydrogen-bond donors (Lipinski definition) is 1. The minimum Gasteiger partial charge on any atom is -0.303 e. The molecule has 1 heterocycles. The van der Waals surface area contributed by atoms with Crippen molar-refractivity contribution >= 4 is 11.8 Å². The fourth-order valence-corrected chi connectivity index (χ4v) is 3.63. The maximum Gasteiger partial charge on any atom is 0.247 e. The number of hydrogen-bond acceptors (Lipinski definition) is 3. The lowest BCUT2D eigenvalue weighted by atomic mass is 10.1. The minimum absolute atomic E-state index is 0.0207. The number of imide groups is 1. The Bertz CT molecular complexity index is 364. The first-order chi connectivity index (χ1) is 10.1. The predicted molar refractivity (Wildman–Crippen MR) is 83.9 cm³/mol. The van der Waals surface area contributed by atoms with E-state index in [2.05, 4.69) is 19.2 Å². The normalized spacial score (nSPS) is 25.0. The number of rotatable bonds is 8. The van der Waals surface area contributed by atoms with E-state index in [-0.39, 0.29) is 23.9 Å². The van der Waals surface area contributed by atoms with Gasteiger partial charge in [0.2, 0.25) is 11.8 Å². The number of carbonyl (C=O) groups is 2. The molecule has 2 unspecified atom stereocenters. The Kier molecular flexibility index (Phi) is 6.22. The first-order valence-corrected chi connectivity index (χ1v) is 8.75. The van der Waals surface area contributed by atoms with Crippen LogP contribution >= 0.6 is 0 Å². The predicted octanol–water partition coefficient (Wildman–Crippen LogP) is 3.01. The molecular weight excluding hydrogens is 264 g/mol. The van der Waals surface area contributed by atoms with Crippen molar-refractivity contribution in [3.63, 3.8) is 0 Å². The van der Waals surface area contributed by atoms with E-state index in [1.165, 1.54) is 25.7 Å². The molecule has 1 aliphatic heterocycles. The molecule has 120 valence electrons. The Hall–Kier alpha value is -0.900. The summed E-state index contributed by atoms with van der Waals surface area (Å²) >= 11 is 0. The molecule has 2 fully saturated rings. The van der Waals surface area contributed by atoms with E-state index in [0.29, 0.717) is 12.5 Å². The maximum absolute atomic E-state index is 12.5. The number of unbranched alkanes of at least 4 members (excludes halogenated alkanes) is 3. The van der Waals surface area contributed by atoms with E-state index in [1.807, 2.05) is 0 Å². The Morgan fingerprint density at radius 2 is 1.90 bits per heavy atom. The summed E-state index contributed by atoms with van der Waals surface area (Å²) < 4.78 is 0. The number of amides is 2. The first kappa shape index (κ1) is 16.5. The lowest BCUT2D eigenvalue weighted by Gasteiger charge is -2.23. The summed E-state index contributed by atoms with van der Waals surface area (Å²) in [5.74, 6) is 0.0508. The Morgan fingerprint density at radius 3 is 2.57 bits per heavy atom. The van der Waals surface area contributed by atoms with Gasteiger partial charge >= 0.3 is 0 Å². The molecule has 0 radical (unpaired) electrons. The van der Waals surface area contributed by atoms with Gasteiger partial charge in [-0.05, 0) is 26.2 Å². The molecule has 4 heteroatoms. The highest BCUT2D eigenvalue weighted by Gasteiger charge is 2.43. The van der Waals surface area contributed by atoms with Crippen LogP contribution in [0.1, 0.15) is 78.1 Å². The topological polar surface area (TPSA) is 49.4 Å². The summed E-state index contributed by atoms with van der Waals surface area (Å²) in [6, 6.07) is 0.211. The summed E-state index contributed by atoms with van der Waals surface area (Å²) in [5.41, 5.74) is 0. The van der Waals surface area contributed by atoms with E-state index in [9.17, 15) is 9.59 Å². The highest BCUT2D eigenvalue weighted by molar-refractivity contribution is 6.05. The fourth-order valence-electron chi connectivity index (χ4n) is 3.63. The van der Waals surface area contributed by atoms with Crippen molar-refractivity contribution in [2.75, 3.05) is 0 Å². The lowest BCUT2D eigenvalue weighted by Crippen LogP contribution is -2.45. The SMILES string of the molecule is CCCCCCC(C)NC1CC(=O)N(C2CCCC2)C1=O. The number of nitrogens with one attached hydrogen (secondary N) is 1. The molecule has 4 nitrogen and oxygen atoms in total. The van der Waals surface area contributed by atoms with E-state index in [1.54, 1.807) is 4.90 Å². The van der Waals surface area contributed by atoms with Crippen LogP contribution in [0.5, 0.6) is 0 Å². The van der Waals surface area contributed by atoms with Gasteiger partial charge in [0.1, 0.15) is 0 Å². The van der Waals surface area contributed by atoms with Crippen LogP contribution in [0, 0.1) is 0 Å². The van der Waals surface area contributed by atoms with Crippen LogP contribution in [-0.2, 0) is 9.59 Å². The lowest BCUT2D eigenvalue weighted by molar-refractivity contribution is -0.141. The van der Waals surface area contributed by atoms with Crippen molar-refractivity contribution in [2.24, 2.45) is 0 Å². The van der Waals surface area contributed by atoms with Gasteiger partial charge in [0.25, 0.3) is 0 Å². The molecule has 2 atom stereocenters. The standard InChI is InChI=1S/C17H30N2O2/c1-3-4-5-6-9-13(2)18-15-12-16(20)19(17(15)21)14-10-7-8-11-14/h13-15,18H,3-12H2,1-2H3. The van der Waals surface area contributed by atoms with Crippen LogP contribution in [-0.4, -0.2) is 34.8 Å². The zero-order valence-electron chi connectivity index (χ0n) is 13.6. The molecule has 2 amide bonds. The maximum atomic E-state index is 12.5. The molecule has 0 aromatic heterocycles. The number of carbonyl (C=O) groups excluding carboxylic acids is 2. The molecule has 1 aliphatic carbocycles.